The predicted molar refractivity (Wildman–Crippen MR) is 68.1 cm³/mol. The molecular weight excluding hydrogens is 288 g/mol. The van der Waals surface area contributed by atoms with Crippen LogP contribution in [-0.4, -0.2) is 11.7 Å². The van der Waals surface area contributed by atoms with E-state index in [1.807, 2.05) is 0 Å². The zero-order valence-corrected chi connectivity index (χ0v) is 10.8. The van der Waals surface area contributed by atoms with Crippen molar-refractivity contribution < 1.29 is 27.4 Å². The summed E-state index contributed by atoms with van der Waals surface area (Å²) in [6, 6.07) is 8.40. The van der Waals surface area contributed by atoms with Crippen molar-refractivity contribution in [1.82, 2.24) is 0 Å². The molecule has 1 unspecified atom stereocenters. The van der Waals surface area contributed by atoms with E-state index in [1.165, 1.54) is 24.3 Å². The average molecular weight is 300 g/mol. The lowest BCUT2D eigenvalue weighted by molar-refractivity contribution is -0.0498. The van der Waals surface area contributed by atoms with E-state index in [1.54, 1.807) is 0 Å². The van der Waals surface area contributed by atoms with Crippen LogP contribution in [0.3, 0.4) is 0 Å². The highest BCUT2D eigenvalue weighted by molar-refractivity contribution is 5.30. The Kier molecular flexibility index (Phi) is 4.80. The standard InChI is InChI=1S/C15H12F4O2/c16-11-5-9(6-12(17)8-11)7-14(20)10-1-3-13(4-2-10)21-15(18)19/h1-6,8,14-15,20H,7H2. The highest BCUT2D eigenvalue weighted by Gasteiger charge is 2.11. The maximum absolute atomic E-state index is 13.0. The molecule has 6 heteroatoms. The topological polar surface area (TPSA) is 29.5 Å². The lowest BCUT2D eigenvalue weighted by atomic mass is 10.0. The first kappa shape index (κ1) is 15.3. The zero-order valence-electron chi connectivity index (χ0n) is 10.8. The Morgan fingerprint density at radius 3 is 2.05 bits per heavy atom. The molecule has 0 spiro atoms. The van der Waals surface area contributed by atoms with Crippen molar-refractivity contribution in [2.45, 2.75) is 19.1 Å². The van der Waals surface area contributed by atoms with Crippen LogP contribution in [0, 0.1) is 11.6 Å². The summed E-state index contributed by atoms with van der Waals surface area (Å²) in [6.07, 6.45) is -1.00. The van der Waals surface area contributed by atoms with E-state index in [0.29, 0.717) is 11.1 Å². The van der Waals surface area contributed by atoms with E-state index >= 15 is 0 Å². The summed E-state index contributed by atoms with van der Waals surface area (Å²) in [6.45, 7) is -2.92. The minimum absolute atomic E-state index is 0.00370. The van der Waals surface area contributed by atoms with Gasteiger partial charge in [-0.05, 0) is 35.4 Å². The average Bonchev–Trinajstić information content (AvgIpc) is 2.37. The molecular formula is C15H12F4O2. The van der Waals surface area contributed by atoms with Gasteiger partial charge in [-0.25, -0.2) is 8.78 Å². The van der Waals surface area contributed by atoms with Gasteiger partial charge in [0.2, 0.25) is 0 Å². The first-order chi connectivity index (χ1) is 9.94. The molecule has 0 saturated carbocycles. The van der Waals surface area contributed by atoms with Crippen molar-refractivity contribution in [1.29, 1.82) is 0 Å². The second-order valence-electron chi connectivity index (χ2n) is 4.45. The molecule has 0 saturated heterocycles. The van der Waals surface area contributed by atoms with Gasteiger partial charge in [0, 0.05) is 12.5 Å². The first-order valence-electron chi connectivity index (χ1n) is 6.12. The Bertz CT molecular complexity index is 579. The molecule has 0 aromatic heterocycles. The lowest BCUT2D eigenvalue weighted by Crippen LogP contribution is -2.04. The van der Waals surface area contributed by atoms with E-state index in [0.717, 1.165) is 18.2 Å². The predicted octanol–water partition coefficient (Wildman–Crippen LogP) is 3.84. The van der Waals surface area contributed by atoms with Gasteiger partial charge in [0.25, 0.3) is 0 Å². The SMILES string of the molecule is OC(Cc1cc(F)cc(F)c1)c1ccc(OC(F)F)cc1. The van der Waals surface area contributed by atoms with E-state index in [4.69, 9.17) is 0 Å². The van der Waals surface area contributed by atoms with Crippen LogP contribution < -0.4 is 4.74 Å². The number of ether oxygens (including phenoxy) is 1. The number of hydrogen-bond donors (Lipinski definition) is 1. The van der Waals surface area contributed by atoms with Gasteiger partial charge >= 0.3 is 6.61 Å². The highest BCUT2D eigenvalue weighted by atomic mass is 19.3. The second-order valence-corrected chi connectivity index (χ2v) is 4.45. The van der Waals surface area contributed by atoms with Crippen LogP contribution in [0.2, 0.25) is 0 Å². The molecule has 2 aromatic rings. The van der Waals surface area contributed by atoms with Crippen molar-refractivity contribution in [3.05, 3.63) is 65.2 Å². The highest BCUT2D eigenvalue weighted by Crippen LogP contribution is 2.22. The van der Waals surface area contributed by atoms with Crippen LogP contribution in [0.25, 0.3) is 0 Å². The summed E-state index contributed by atoms with van der Waals surface area (Å²) in [7, 11) is 0. The largest absolute Gasteiger partial charge is 0.435 e. The molecule has 2 rings (SSSR count). The number of alkyl halides is 2. The Morgan fingerprint density at radius 2 is 1.52 bits per heavy atom. The van der Waals surface area contributed by atoms with Crippen LogP contribution in [0.5, 0.6) is 5.75 Å². The number of benzene rings is 2. The molecule has 2 nitrogen and oxygen atoms in total. The molecule has 2 aromatic carbocycles. The molecule has 1 N–H and O–H groups in total. The molecule has 1 atom stereocenters. The second kappa shape index (κ2) is 6.58. The van der Waals surface area contributed by atoms with Gasteiger partial charge < -0.3 is 9.84 Å². The molecule has 0 aliphatic carbocycles. The fourth-order valence-corrected chi connectivity index (χ4v) is 1.94. The van der Waals surface area contributed by atoms with Gasteiger partial charge in [-0.3, -0.25) is 0 Å². The van der Waals surface area contributed by atoms with Crippen LogP contribution >= 0.6 is 0 Å². The minimum Gasteiger partial charge on any atom is -0.435 e. The summed E-state index contributed by atoms with van der Waals surface area (Å²) in [5.74, 6) is -1.48. The number of aliphatic hydroxyl groups is 1. The van der Waals surface area contributed by atoms with Gasteiger partial charge in [0.1, 0.15) is 17.4 Å². The summed E-state index contributed by atoms with van der Waals surface area (Å²) in [4.78, 5) is 0. The third-order valence-corrected chi connectivity index (χ3v) is 2.84. The number of aliphatic hydroxyl groups excluding tert-OH is 1. The van der Waals surface area contributed by atoms with Crippen LogP contribution in [0.4, 0.5) is 17.6 Å². The number of hydrogen-bond acceptors (Lipinski definition) is 2. The van der Waals surface area contributed by atoms with Crippen LogP contribution in [0.1, 0.15) is 17.2 Å². The molecule has 21 heavy (non-hydrogen) atoms. The van der Waals surface area contributed by atoms with Gasteiger partial charge in [0.15, 0.2) is 0 Å². The van der Waals surface area contributed by atoms with Crippen molar-refractivity contribution in [3.8, 4) is 5.75 Å². The summed E-state index contributed by atoms with van der Waals surface area (Å²) in [5.41, 5.74) is 0.731. The molecule has 0 bridgehead atoms. The van der Waals surface area contributed by atoms with Crippen molar-refractivity contribution in [3.63, 3.8) is 0 Å². The van der Waals surface area contributed by atoms with Crippen LogP contribution in [-0.2, 0) is 6.42 Å². The summed E-state index contributed by atoms with van der Waals surface area (Å²) in [5, 5.41) is 9.99. The Labute approximate surface area is 118 Å². The Morgan fingerprint density at radius 1 is 0.952 bits per heavy atom. The molecule has 0 amide bonds. The van der Waals surface area contributed by atoms with E-state index < -0.39 is 24.3 Å². The normalized spacial score (nSPS) is 12.5. The first-order valence-corrected chi connectivity index (χ1v) is 6.12. The van der Waals surface area contributed by atoms with Gasteiger partial charge in [-0.15, -0.1) is 0 Å². The molecule has 0 aliphatic rings. The zero-order chi connectivity index (χ0) is 15.4. The van der Waals surface area contributed by atoms with Crippen molar-refractivity contribution >= 4 is 0 Å². The van der Waals surface area contributed by atoms with Gasteiger partial charge in [-0.2, -0.15) is 8.78 Å². The quantitative estimate of drug-likeness (QED) is 0.850. The fourth-order valence-electron chi connectivity index (χ4n) is 1.94. The monoisotopic (exact) mass is 300 g/mol. The molecule has 0 radical (unpaired) electrons. The van der Waals surface area contributed by atoms with E-state index in [2.05, 4.69) is 4.74 Å². The number of halogens is 4. The molecule has 0 fully saturated rings. The van der Waals surface area contributed by atoms with E-state index in [9.17, 15) is 22.7 Å². The van der Waals surface area contributed by atoms with Crippen molar-refractivity contribution in [2.24, 2.45) is 0 Å². The maximum atomic E-state index is 13.0. The molecule has 0 heterocycles. The van der Waals surface area contributed by atoms with Gasteiger partial charge in [-0.1, -0.05) is 12.1 Å². The minimum atomic E-state index is -2.92. The Hall–Kier alpha value is -2.08. The molecule has 0 aliphatic heterocycles. The number of rotatable bonds is 5. The fraction of sp³-hybridized carbons (Fsp3) is 0.200. The summed E-state index contributed by atoms with van der Waals surface area (Å²) < 4.78 is 54.3. The molecule has 112 valence electrons. The van der Waals surface area contributed by atoms with E-state index in [-0.39, 0.29) is 12.2 Å². The Balaban J connectivity index is 2.07. The van der Waals surface area contributed by atoms with Crippen molar-refractivity contribution in [2.75, 3.05) is 0 Å². The third-order valence-electron chi connectivity index (χ3n) is 2.84. The lowest BCUT2D eigenvalue weighted by Gasteiger charge is -2.12. The maximum Gasteiger partial charge on any atom is 0.387 e. The smallest absolute Gasteiger partial charge is 0.387 e. The third kappa shape index (κ3) is 4.46. The van der Waals surface area contributed by atoms with Crippen LogP contribution in [0.15, 0.2) is 42.5 Å². The van der Waals surface area contributed by atoms with Gasteiger partial charge in [0.05, 0.1) is 6.10 Å². The summed E-state index contributed by atoms with van der Waals surface area (Å²) >= 11 is 0.